The Bertz CT molecular complexity index is 508. The molecule has 8 heteroatoms. The minimum absolute atomic E-state index is 0.00689. The Morgan fingerprint density at radius 3 is 2.42 bits per heavy atom. The molecule has 0 aromatic heterocycles. The van der Waals surface area contributed by atoms with Crippen LogP contribution in [0.25, 0.3) is 0 Å². The Balaban J connectivity index is 2.96. The molecule has 0 aliphatic heterocycles. The van der Waals surface area contributed by atoms with Gasteiger partial charge in [-0.3, -0.25) is 9.59 Å². The van der Waals surface area contributed by atoms with Crippen LogP contribution in [-0.4, -0.2) is 27.9 Å². The number of nitrogens with two attached hydrogens (primary N) is 2. The smallest absolute Gasteiger partial charge is 0.320 e. The number of thiol groups is 1. The van der Waals surface area contributed by atoms with Gasteiger partial charge in [-0.1, -0.05) is 0 Å². The van der Waals surface area contributed by atoms with Crippen molar-refractivity contribution in [3.05, 3.63) is 17.7 Å². The summed E-state index contributed by atoms with van der Waals surface area (Å²) in [4.78, 5) is 21.9. The van der Waals surface area contributed by atoms with E-state index in [-0.39, 0.29) is 12.1 Å². The normalized spacial score (nSPS) is 12.1. The van der Waals surface area contributed by atoms with Crippen molar-refractivity contribution in [3.8, 4) is 0 Å². The molecule has 0 saturated carbocycles. The van der Waals surface area contributed by atoms with Gasteiger partial charge in [0.25, 0.3) is 0 Å². The SMILES string of the molecule is Nc1cc(N)c(C(S)C(=O)O)cc1SCCC(=O)O. The van der Waals surface area contributed by atoms with E-state index in [0.717, 1.165) is 0 Å². The van der Waals surface area contributed by atoms with E-state index < -0.39 is 17.2 Å². The summed E-state index contributed by atoms with van der Waals surface area (Å²) in [6.07, 6.45) is -0.00689. The van der Waals surface area contributed by atoms with Gasteiger partial charge < -0.3 is 21.7 Å². The lowest BCUT2D eigenvalue weighted by Crippen LogP contribution is -2.09. The van der Waals surface area contributed by atoms with E-state index in [2.05, 4.69) is 12.6 Å². The van der Waals surface area contributed by atoms with Crippen molar-refractivity contribution in [3.63, 3.8) is 0 Å². The maximum atomic E-state index is 10.9. The summed E-state index contributed by atoms with van der Waals surface area (Å²) in [6, 6.07) is 3.01. The fraction of sp³-hybridized carbons (Fsp3) is 0.273. The van der Waals surface area contributed by atoms with Gasteiger partial charge in [-0.05, 0) is 12.1 Å². The first-order chi connectivity index (χ1) is 8.82. The topological polar surface area (TPSA) is 127 Å². The molecule has 0 aliphatic rings. The summed E-state index contributed by atoms with van der Waals surface area (Å²) in [5, 5.41) is 16.4. The highest BCUT2D eigenvalue weighted by atomic mass is 32.2. The summed E-state index contributed by atoms with van der Waals surface area (Å²) >= 11 is 5.20. The summed E-state index contributed by atoms with van der Waals surface area (Å²) in [7, 11) is 0. The average Bonchev–Trinajstić information content (AvgIpc) is 2.30. The standard InChI is InChI=1S/C11H14N2O4S2/c12-6-4-7(13)8(19-2-1-9(14)15)3-5(6)10(18)11(16)17/h3-4,10,18H,1-2,12-13H2,(H,14,15)(H,16,17). The predicted octanol–water partition coefficient (Wildman–Crippen LogP) is 1.47. The molecular weight excluding hydrogens is 288 g/mol. The number of hydrogen-bond donors (Lipinski definition) is 5. The van der Waals surface area contributed by atoms with Crippen molar-refractivity contribution in [1.29, 1.82) is 0 Å². The number of nitrogen functional groups attached to an aromatic ring is 2. The summed E-state index contributed by atoms with van der Waals surface area (Å²) in [6.45, 7) is 0. The van der Waals surface area contributed by atoms with Crippen LogP contribution in [0.2, 0.25) is 0 Å². The van der Waals surface area contributed by atoms with Crippen molar-refractivity contribution in [2.75, 3.05) is 17.2 Å². The van der Waals surface area contributed by atoms with Gasteiger partial charge in [0.2, 0.25) is 0 Å². The number of carbonyl (C=O) groups is 2. The van der Waals surface area contributed by atoms with Crippen LogP contribution in [0, 0.1) is 0 Å². The number of carboxylic acid groups (broad SMARTS) is 2. The monoisotopic (exact) mass is 302 g/mol. The Morgan fingerprint density at radius 2 is 1.89 bits per heavy atom. The highest BCUT2D eigenvalue weighted by molar-refractivity contribution is 7.99. The van der Waals surface area contributed by atoms with E-state index in [1.165, 1.54) is 17.8 Å². The lowest BCUT2D eigenvalue weighted by Gasteiger charge is -2.13. The third-order valence-electron chi connectivity index (χ3n) is 2.32. The maximum absolute atomic E-state index is 10.9. The fourth-order valence-electron chi connectivity index (χ4n) is 1.37. The molecule has 6 N–H and O–H groups in total. The van der Waals surface area contributed by atoms with Crippen molar-refractivity contribution < 1.29 is 19.8 Å². The summed E-state index contributed by atoms with van der Waals surface area (Å²) in [5.41, 5.74) is 12.5. The van der Waals surface area contributed by atoms with Gasteiger partial charge in [0, 0.05) is 27.6 Å². The average molecular weight is 302 g/mol. The molecule has 0 spiro atoms. The van der Waals surface area contributed by atoms with Gasteiger partial charge in [-0.25, -0.2) is 0 Å². The molecule has 0 heterocycles. The third-order valence-corrected chi connectivity index (χ3v) is 3.89. The molecule has 1 unspecified atom stereocenters. The molecular formula is C11H14N2O4S2. The lowest BCUT2D eigenvalue weighted by atomic mass is 10.1. The second-order valence-corrected chi connectivity index (χ2v) is 5.41. The number of anilines is 2. The van der Waals surface area contributed by atoms with Gasteiger partial charge in [0.05, 0.1) is 6.42 Å². The van der Waals surface area contributed by atoms with Crippen molar-refractivity contribution >= 4 is 47.7 Å². The van der Waals surface area contributed by atoms with Gasteiger partial charge in [-0.2, -0.15) is 12.6 Å². The molecule has 1 atom stereocenters. The van der Waals surface area contributed by atoms with Gasteiger partial charge >= 0.3 is 11.9 Å². The molecule has 0 aliphatic carbocycles. The zero-order chi connectivity index (χ0) is 14.6. The molecule has 0 radical (unpaired) electrons. The van der Waals surface area contributed by atoms with E-state index in [4.69, 9.17) is 21.7 Å². The molecule has 1 aromatic rings. The van der Waals surface area contributed by atoms with Gasteiger partial charge in [0.1, 0.15) is 5.25 Å². The maximum Gasteiger partial charge on any atom is 0.320 e. The quantitative estimate of drug-likeness (QED) is 0.306. The van der Waals surface area contributed by atoms with E-state index in [1.807, 2.05) is 0 Å². The summed E-state index contributed by atoms with van der Waals surface area (Å²) < 4.78 is 0. The Kier molecular flexibility index (Phi) is 5.37. The van der Waals surface area contributed by atoms with Crippen LogP contribution in [0.5, 0.6) is 0 Å². The van der Waals surface area contributed by atoms with E-state index >= 15 is 0 Å². The fourth-order valence-corrected chi connectivity index (χ4v) is 2.53. The molecule has 19 heavy (non-hydrogen) atoms. The highest BCUT2D eigenvalue weighted by Gasteiger charge is 2.19. The van der Waals surface area contributed by atoms with Crippen LogP contribution in [-0.2, 0) is 9.59 Å². The van der Waals surface area contributed by atoms with E-state index in [9.17, 15) is 9.59 Å². The van der Waals surface area contributed by atoms with Crippen LogP contribution in [0.1, 0.15) is 17.2 Å². The van der Waals surface area contributed by atoms with Crippen LogP contribution < -0.4 is 11.5 Å². The number of benzene rings is 1. The molecule has 1 rings (SSSR count). The predicted molar refractivity (Wildman–Crippen MR) is 77.6 cm³/mol. The van der Waals surface area contributed by atoms with Crippen LogP contribution in [0.15, 0.2) is 17.0 Å². The molecule has 0 saturated heterocycles. The van der Waals surface area contributed by atoms with Crippen LogP contribution in [0.3, 0.4) is 0 Å². The number of hydrogen-bond acceptors (Lipinski definition) is 6. The number of thioether (sulfide) groups is 1. The number of aliphatic carboxylic acids is 2. The number of carboxylic acids is 2. The number of rotatable bonds is 6. The first-order valence-electron chi connectivity index (χ1n) is 5.27. The molecule has 6 nitrogen and oxygen atoms in total. The van der Waals surface area contributed by atoms with E-state index in [1.54, 1.807) is 6.07 Å². The Morgan fingerprint density at radius 1 is 1.26 bits per heavy atom. The van der Waals surface area contributed by atoms with Crippen molar-refractivity contribution in [2.45, 2.75) is 16.6 Å². The molecule has 0 fully saturated rings. The Hall–Kier alpha value is -1.54. The second kappa shape index (κ2) is 6.58. The largest absolute Gasteiger partial charge is 0.481 e. The minimum Gasteiger partial charge on any atom is -0.481 e. The summed E-state index contributed by atoms with van der Waals surface area (Å²) in [5.74, 6) is -1.67. The zero-order valence-corrected chi connectivity index (χ0v) is 11.6. The lowest BCUT2D eigenvalue weighted by molar-refractivity contribution is -0.137. The molecule has 0 amide bonds. The molecule has 0 bridgehead atoms. The first-order valence-corrected chi connectivity index (χ1v) is 6.77. The molecule has 1 aromatic carbocycles. The third kappa shape index (κ3) is 4.25. The van der Waals surface area contributed by atoms with Crippen molar-refractivity contribution in [2.24, 2.45) is 0 Å². The Labute approximate surface area is 119 Å². The van der Waals surface area contributed by atoms with Crippen LogP contribution >= 0.6 is 24.4 Å². The first kappa shape index (κ1) is 15.5. The zero-order valence-electron chi connectivity index (χ0n) is 9.87. The van der Waals surface area contributed by atoms with E-state index in [0.29, 0.717) is 21.9 Å². The van der Waals surface area contributed by atoms with Gasteiger partial charge in [0.15, 0.2) is 0 Å². The van der Waals surface area contributed by atoms with Crippen molar-refractivity contribution in [1.82, 2.24) is 0 Å². The second-order valence-electron chi connectivity index (χ2n) is 3.75. The highest BCUT2D eigenvalue weighted by Crippen LogP contribution is 2.35. The van der Waals surface area contributed by atoms with Crippen LogP contribution in [0.4, 0.5) is 11.4 Å². The van der Waals surface area contributed by atoms with Gasteiger partial charge in [-0.15, -0.1) is 11.8 Å². The molecule has 104 valence electrons. The minimum atomic E-state index is -1.11.